The van der Waals surface area contributed by atoms with E-state index in [4.69, 9.17) is 16.3 Å². The molecule has 2 amide bonds. The summed E-state index contributed by atoms with van der Waals surface area (Å²) in [6.45, 7) is 7.29. The summed E-state index contributed by atoms with van der Waals surface area (Å²) in [5, 5.41) is 0.0870. The van der Waals surface area contributed by atoms with E-state index in [-0.39, 0.29) is 16.5 Å². The number of piperazine rings is 1. The molecule has 0 aromatic heterocycles. The Hall–Kier alpha value is -2.60. The molecule has 0 spiro atoms. The Morgan fingerprint density at radius 3 is 2.13 bits per heavy atom. The molecule has 1 aliphatic rings. The van der Waals surface area contributed by atoms with E-state index in [0.717, 1.165) is 0 Å². The number of carbonyl (C=O) groups excluding carboxylic acids is 2. The van der Waals surface area contributed by atoms with Gasteiger partial charge in [-0.05, 0) is 42.7 Å². The molecule has 1 aliphatic heterocycles. The van der Waals surface area contributed by atoms with E-state index in [9.17, 15) is 14.0 Å². The molecule has 1 heterocycles. The second-order valence-corrected chi connectivity index (χ2v) is 8.11. The number of nitrogens with zero attached hydrogens (tertiary/aromatic N) is 2. The van der Waals surface area contributed by atoms with Gasteiger partial charge in [-0.3, -0.25) is 9.59 Å². The van der Waals surface area contributed by atoms with E-state index in [1.54, 1.807) is 11.8 Å². The van der Waals surface area contributed by atoms with E-state index in [1.807, 2.05) is 24.3 Å². The first-order valence-corrected chi connectivity index (χ1v) is 10.4. The van der Waals surface area contributed by atoms with Crippen molar-refractivity contribution in [2.24, 2.45) is 0 Å². The van der Waals surface area contributed by atoms with Gasteiger partial charge in [-0.15, -0.1) is 0 Å². The molecule has 30 heavy (non-hydrogen) atoms. The molecule has 2 aromatic carbocycles. The van der Waals surface area contributed by atoms with Crippen LogP contribution in [0.4, 0.5) is 4.39 Å². The normalized spacial score (nSPS) is 15.3. The van der Waals surface area contributed by atoms with Crippen molar-refractivity contribution >= 4 is 23.4 Å². The summed E-state index contributed by atoms with van der Waals surface area (Å²) in [4.78, 5) is 28.6. The van der Waals surface area contributed by atoms with Crippen LogP contribution in [0.25, 0.3) is 0 Å². The van der Waals surface area contributed by atoms with Gasteiger partial charge in [0.15, 0.2) is 6.10 Å². The Kier molecular flexibility index (Phi) is 6.98. The number of benzene rings is 2. The van der Waals surface area contributed by atoms with Gasteiger partial charge in [-0.2, -0.15) is 0 Å². The third-order valence-corrected chi connectivity index (χ3v) is 5.58. The number of carbonyl (C=O) groups is 2. The van der Waals surface area contributed by atoms with E-state index in [1.165, 1.54) is 28.7 Å². The number of rotatable bonds is 5. The SMILES string of the molecule is CC(Oc1ccc(C(C)C)cc1)C(=O)N1CCN(C(=O)c2c(F)cccc2Cl)CC1. The molecule has 0 aliphatic carbocycles. The first-order chi connectivity index (χ1) is 14.3. The zero-order valence-corrected chi connectivity index (χ0v) is 18.2. The molecule has 0 bridgehead atoms. The number of halogens is 2. The zero-order chi connectivity index (χ0) is 21.8. The minimum atomic E-state index is -0.642. The summed E-state index contributed by atoms with van der Waals surface area (Å²) in [5.41, 5.74) is 1.08. The van der Waals surface area contributed by atoms with Crippen LogP contribution in [-0.4, -0.2) is 53.9 Å². The van der Waals surface area contributed by atoms with E-state index in [0.29, 0.717) is 37.8 Å². The molecule has 5 nitrogen and oxygen atoms in total. The zero-order valence-electron chi connectivity index (χ0n) is 17.4. The maximum atomic E-state index is 14.0. The van der Waals surface area contributed by atoms with E-state index < -0.39 is 17.8 Å². The fourth-order valence-corrected chi connectivity index (χ4v) is 3.68. The highest BCUT2D eigenvalue weighted by molar-refractivity contribution is 6.33. The van der Waals surface area contributed by atoms with Gasteiger partial charge in [-0.1, -0.05) is 43.6 Å². The van der Waals surface area contributed by atoms with Crippen LogP contribution in [0.2, 0.25) is 5.02 Å². The molecule has 2 aromatic rings. The van der Waals surface area contributed by atoms with Crippen LogP contribution in [0.1, 0.15) is 42.6 Å². The monoisotopic (exact) mass is 432 g/mol. The molecule has 0 radical (unpaired) electrons. The molecule has 1 atom stereocenters. The predicted molar refractivity (Wildman–Crippen MR) is 115 cm³/mol. The Balaban J connectivity index is 1.56. The summed E-state index contributed by atoms with van der Waals surface area (Å²) < 4.78 is 19.8. The topological polar surface area (TPSA) is 49.9 Å². The lowest BCUT2D eigenvalue weighted by Gasteiger charge is -2.36. The quantitative estimate of drug-likeness (QED) is 0.705. The number of ether oxygens (including phenoxy) is 1. The van der Waals surface area contributed by atoms with Crippen LogP contribution in [-0.2, 0) is 4.79 Å². The van der Waals surface area contributed by atoms with Crippen molar-refractivity contribution in [3.05, 3.63) is 64.4 Å². The lowest BCUT2D eigenvalue weighted by molar-refractivity contribution is -0.139. The average Bonchev–Trinajstić information content (AvgIpc) is 2.73. The fraction of sp³-hybridized carbons (Fsp3) is 0.391. The van der Waals surface area contributed by atoms with E-state index >= 15 is 0 Å². The lowest BCUT2D eigenvalue weighted by atomic mass is 10.0. The van der Waals surface area contributed by atoms with Crippen LogP contribution in [0, 0.1) is 5.82 Å². The molecule has 0 N–H and O–H groups in total. The van der Waals surface area contributed by atoms with Gasteiger partial charge < -0.3 is 14.5 Å². The van der Waals surface area contributed by atoms with Crippen molar-refractivity contribution in [1.29, 1.82) is 0 Å². The predicted octanol–water partition coefficient (Wildman–Crippen LogP) is 4.35. The van der Waals surface area contributed by atoms with Crippen molar-refractivity contribution in [2.45, 2.75) is 32.8 Å². The van der Waals surface area contributed by atoms with Crippen molar-refractivity contribution in [3.8, 4) is 5.75 Å². The average molecular weight is 433 g/mol. The molecule has 1 fully saturated rings. The van der Waals surface area contributed by atoms with Crippen LogP contribution < -0.4 is 4.74 Å². The second-order valence-electron chi connectivity index (χ2n) is 7.70. The standard InChI is InChI=1S/C23H26ClFN2O3/c1-15(2)17-7-9-18(10-8-17)30-16(3)22(28)26-11-13-27(14-12-26)23(29)21-19(24)5-4-6-20(21)25/h4-10,15-16H,11-14H2,1-3H3. The maximum Gasteiger partial charge on any atom is 0.263 e. The van der Waals surface area contributed by atoms with Crippen molar-refractivity contribution < 1.29 is 18.7 Å². The molecular weight excluding hydrogens is 407 g/mol. The van der Waals surface area contributed by atoms with Gasteiger partial charge in [0.1, 0.15) is 11.6 Å². The molecule has 7 heteroatoms. The molecule has 0 saturated carbocycles. The first kappa shape index (κ1) is 22.1. The lowest BCUT2D eigenvalue weighted by Crippen LogP contribution is -2.53. The molecule has 3 rings (SSSR count). The summed E-state index contributed by atoms with van der Waals surface area (Å²) in [6.07, 6.45) is -0.641. The summed E-state index contributed by atoms with van der Waals surface area (Å²) in [5.74, 6) is -0.171. The largest absolute Gasteiger partial charge is 0.481 e. The third-order valence-electron chi connectivity index (χ3n) is 5.26. The van der Waals surface area contributed by atoms with Crippen LogP contribution in [0.3, 0.4) is 0 Å². The smallest absolute Gasteiger partial charge is 0.263 e. The second kappa shape index (κ2) is 9.47. The van der Waals surface area contributed by atoms with Crippen molar-refractivity contribution in [3.63, 3.8) is 0 Å². The van der Waals surface area contributed by atoms with Gasteiger partial charge in [0.25, 0.3) is 11.8 Å². The van der Waals surface area contributed by atoms with Crippen LogP contribution in [0.5, 0.6) is 5.75 Å². The molecule has 1 unspecified atom stereocenters. The van der Waals surface area contributed by atoms with Crippen molar-refractivity contribution in [1.82, 2.24) is 9.80 Å². The molecule has 160 valence electrons. The van der Waals surface area contributed by atoms with Gasteiger partial charge in [0, 0.05) is 26.2 Å². The highest BCUT2D eigenvalue weighted by atomic mass is 35.5. The van der Waals surface area contributed by atoms with Crippen LogP contribution >= 0.6 is 11.6 Å². The van der Waals surface area contributed by atoms with Crippen molar-refractivity contribution in [2.75, 3.05) is 26.2 Å². The number of amides is 2. The van der Waals surface area contributed by atoms with Gasteiger partial charge >= 0.3 is 0 Å². The Morgan fingerprint density at radius 1 is 0.967 bits per heavy atom. The molecular formula is C23H26ClFN2O3. The summed E-state index contributed by atoms with van der Waals surface area (Å²) in [6, 6.07) is 11.9. The highest BCUT2D eigenvalue weighted by Gasteiger charge is 2.30. The van der Waals surface area contributed by atoms with Crippen LogP contribution in [0.15, 0.2) is 42.5 Å². The highest BCUT2D eigenvalue weighted by Crippen LogP contribution is 2.22. The Bertz CT molecular complexity index is 889. The summed E-state index contributed by atoms with van der Waals surface area (Å²) in [7, 11) is 0. The first-order valence-electron chi connectivity index (χ1n) is 10.1. The van der Waals surface area contributed by atoms with Gasteiger partial charge in [-0.25, -0.2) is 4.39 Å². The third kappa shape index (κ3) is 4.93. The minimum Gasteiger partial charge on any atom is -0.481 e. The van der Waals surface area contributed by atoms with Gasteiger partial charge in [0.05, 0.1) is 10.6 Å². The Morgan fingerprint density at radius 2 is 1.57 bits per heavy atom. The minimum absolute atomic E-state index is 0.0870. The number of hydrogen-bond acceptors (Lipinski definition) is 3. The summed E-state index contributed by atoms with van der Waals surface area (Å²) >= 11 is 6.00. The van der Waals surface area contributed by atoms with E-state index in [2.05, 4.69) is 13.8 Å². The fourth-order valence-electron chi connectivity index (χ4n) is 3.43. The molecule has 1 saturated heterocycles. The Labute approximate surface area is 181 Å². The van der Waals surface area contributed by atoms with Gasteiger partial charge in [0.2, 0.25) is 0 Å². The maximum absolute atomic E-state index is 14.0. The number of hydrogen-bond donors (Lipinski definition) is 0.